The predicted octanol–water partition coefficient (Wildman–Crippen LogP) is 3.36. The molecule has 134 valence electrons. The molecule has 2 aromatic heterocycles. The zero-order valence-electron chi connectivity index (χ0n) is 14.3. The minimum atomic E-state index is -0.747. The molecule has 0 spiro atoms. The fourth-order valence-corrected chi connectivity index (χ4v) is 3.61. The summed E-state index contributed by atoms with van der Waals surface area (Å²) in [4.78, 5) is 23.3. The van der Waals surface area contributed by atoms with Gasteiger partial charge < -0.3 is 9.47 Å². The molecule has 1 atom stereocenters. The molecule has 1 aliphatic heterocycles. The lowest BCUT2D eigenvalue weighted by atomic mass is 10.1. The Morgan fingerprint density at radius 3 is 2.77 bits per heavy atom. The van der Waals surface area contributed by atoms with E-state index >= 15 is 0 Å². The van der Waals surface area contributed by atoms with Crippen molar-refractivity contribution in [1.29, 1.82) is 0 Å². The van der Waals surface area contributed by atoms with Crippen molar-refractivity contribution in [3.8, 4) is 0 Å². The quantitative estimate of drug-likeness (QED) is 0.723. The van der Waals surface area contributed by atoms with E-state index in [2.05, 4.69) is 9.55 Å². The van der Waals surface area contributed by atoms with Crippen LogP contribution in [-0.4, -0.2) is 38.4 Å². The molecule has 0 aliphatic carbocycles. The van der Waals surface area contributed by atoms with Crippen LogP contribution in [0.25, 0.3) is 11.2 Å². The van der Waals surface area contributed by atoms with Crippen LogP contribution in [0.3, 0.4) is 0 Å². The molecule has 1 aliphatic rings. The van der Waals surface area contributed by atoms with Crippen LogP contribution in [0.15, 0.2) is 36.5 Å². The molecular formula is C19H18F2N4O. The van der Waals surface area contributed by atoms with Crippen molar-refractivity contribution in [2.24, 2.45) is 0 Å². The molecule has 1 amide bonds. The average Bonchev–Trinajstić information content (AvgIpc) is 3.24. The Bertz CT molecular complexity index is 965. The molecule has 5 nitrogen and oxygen atoms in total. The van der Waals surface area contributed by atoms with E-state index in [-0.39, 0.29) is 17.4 Å². The lowest BCUT2D eigenvalue weighted by molar-refractivity contribution is 0.0789. The van der Waals surface area contributed by atoms with Crippen molar-refractivity contribution in [3.63, 3.8) is 0 Å². The van der Waals surface area contributed by atoms with Crippen LogP contribution >= 0.6 is 0 Å². The van der Waals surface area contributed by atoms with E-state index < -0.39 is 11.6 Å². The zero-order chi connectivity index (χ0) is 18.3. The molecule has 7 heteroatoms. The van der Waals surface area contributed by atoms with Crippen LogP contribution in [0.5, 0.6) is 0 Å². The van der Waals surface area contributed by atoms with E-state index in [0.29, 0.717) is 13.1 Å². The normalized spacial score (nSPS) is 17.2. The van der Waals surface area contributed by atoms with Crippen LogP contribution in [0, 0.1) is 11.6 Å². The summed E-state index contributed by atoms with van der Waals surface area (Å²) in [7, 11) is 0. The van der Waals surface area contributed by atoms with Gasteiger partial charge >= 0.3 is 0 Å². The number of carbonyl (C=O) groups excluding carboxylic acids is 1. The maximum Gasteiger partial charge on any atom is 0.254 e. The van der Waals surface area contributed by atoms with Gasteiger partial charge in [-0.05, 0) is 37.6 Å². The highest BCUT2D eigenvalue weighted by Gasteiger charge is 2.31. The van der Waals surface area contributed by atoms with Crippen LogP contribution in [-0.2, 0) is 6.54 Å². The van der Waals surface area contributed by atoms with Crippen LogP contribution in [0.4, 0.5) is 8.78 Å². The average molecular weight is 356 g/mol. The number of pyridine rings is 1. The summed E-state index contributed by atoms with van der Waals surface area (Å²) in [5.41, 5.74) is 1.71. The summed E-state index contributed by atoms with van der Waals surface area (Å²) in [6, 6.07) is 6.68. The third-order valence-corrected chi connectivity index (χ3v) is 4.80. The fourth-order valence-electron chi connectivity index (χ4n) is 3.61. The van der Waals surface area contributed by atoms with Gasteiger partial charge in [-0.15, -0.1) is 0 Å². The Balaban J connectivity index is 1.60. The molecule has 1 fully saturated rings. The van der Waals surface area contributed by atoms with E-state index in [1.165, 1.54) is 0 Å². The highest BCUT2D eigenvalue weighted by atomic mass is 19.1. The molecule has 1 saturated heterocycles. The highest BCUT2D eigenvalue weighted by molar-refractivity contribution is 5.94. The highest BCUT2D eigenvalue weighted by Crippen LogP contribution is 2.30. The molecular weight excluding hydrogens is 338 g/mol. The molecule has 3 aromatic rings. The number of fused-ring (bicyclic) bond motifs is 1. The number of carbonyl (C=O) groups is 1. The molecule has 4 rings (SSSR count). The minimum Gasteiger partial charge on any atom is -0.338 e. The molecule has 0 bridgehead atoms. The van der Waals surface area contributed by atoms with Gasteiger partial charge in [0.15, 0.2) is 5.65 Å². The van der Waals surface area contributed by atoms with Gasteiger partial charge in [0.1, 0.15) is 23.0 Å². The number of hydrogen-bond donors (Lipinski definition) is 0. The molecule has 0 saturated carbocycles. The standard InChI is InChI=1S/C19H18F2N4O/c1-2-25-17(23-16-4-3-6-22-18(16)25)12-5-7-24(11-12)19(26)13-8-14(20)10-15(21)9-13/h3-4,6,8-10,12H,2,5,7,11H2,1H3/t12-/m1/s1. The summed E-state index contributed by atoms with van der Waals surface area (Å²) in [6.45, 7) is 3.78. The van der Waals surface area contributed by atoms with Crippen molar-refractivity contribution in [2.45, 2.75) is 25.8 Å². The van der Waals surface area contributed by atoms with Gasteiger partial charge in [-0.25, -0.2) is 18.7 Å². The Kier molecular flexibility index (Phi) is 4.14. The maximum absolute atomic E-state index is 13.4. The van der Waals surface area contributed by atoms with E-state index in [1.54, 1.807) is 11.1 Å². The second kappa shape index (κ2) is 6.48. The Morgan fingerprint density at radius 1 is 1.27 bits per heavy atom. The van der Waals surface area contributed by atoms with Gasteiger partial charge in [-0.1, -0.05) is 0 Å². The van der Waals surface area contributed by atoms with Gasteiger partial charge in [0, 0.05) is 43.4 Å². The summed E-state index contributed by atoms with van der Waals surface area (Å²) in [5.74, 6) is -0.873. The summed E-state index contributed by atoms with van der Waals surface area (Å²) >= 11 is 0. The van der Waals surface area contributed by atoms with Crippen molar-refractivity contribution >= 4 is 17.1 Å². The van der Waals surface area contributed by atoms with Gasteiger partial charge in [0.2, 0.25) is 0 Å². The molecule has 0 radical (unpaired) electrons. The predicted molar refractivity (Wildman–Crippen MR) is 92.8 cm³/mol. The summed E-state index contributed by atoms with van der Waals surface area (Å²) in [6.07, 6.45) is 2.50. The Hall–Kier alpha value is -2.83. The van der Waals surface area contributed by atoms with Crippen molar-refractivity contribution in [2.75, 3.05) is 13.1 Å². The molecule has 0 N–H and O–H groups in total. The summed E-state index contributed by atoms with van der Waals surface area (Å²) < 4.78 is 28.9. The number of nitrogens with zero attached hydrogens (tertiary/aromatic N) is 4. The van der Waals surface area contributed by atoms with Crippen LogP contribution in [0.1, 0.15) is 35.4 Å². The number of likely N-dealkylation sites (tertiary alicyclic amines) is 1. The van der Waals surface area contributed by atoms with Crippen molar-refractivity contribution < 1.29 is 13.6 Å². The largest absolute Gasteiger partial charge is 0.338 e. The molecule has 1 aromatic carbocycles. The fraction of sp³-hybridized carbons (Fsp3) is 0.316. The minimum absolute atomic E-state index is 0.0359. The van der Waals surface area contributed by atoms with E-state index in [4.69, 9.17) is 4.98 Å². The molecule has 3 heterocycles. The topological polar surface area (TPSA) is 51.0 Å². The third-order valence-electron chi connectivity index (χ3n) is 4.80. The number of halogens is 2. The maximum atomic E-state index is 13.4. The van der Waals surface area contributed by atoms with Gasteiger partial charge in [0.25, 0.3) is 5.91 Å². The molecule has 0 unspecified atom stereocenters. The van der Waals surface area contributed by atoms with E-state index in [0.717, 1.165) is 48.2 Å². The van der Waals surface area contributed by atoms with Crippen molar-refractivity contribution in [3.05, 3.63) is 59.6 Å². The number of rotatable bonds is 3. The first-order valence-electron chi connectivity index (χ1n) is 8.63. The van der Waals surface area contributed by atoms with Crippen LogP contribution in [0.2, 0.25) is 0 Å². The van der Waals surface area contributed by atoms with Gasteiger partial charge in [-0.3, -0.25) is 4.79 Å². The van der Waals surface area contributed by atoms with Crippen molar-refractivity contribution in [1.82, 2.24) is 19.4 Å². The SMILES string of the molecule is CCn1c([C@@H]2CCN(C(=O)c3cc(F)cc(F)c3)C2)nc2cccnc21. The number of imidazole rings is 1. The van der Waals surface area contributed by atoms with Gasteiger partial charge in [-0.2, -0.15) is 0 Å². The summed E-state index contributed by atoms with van der Waals surface area (Å²) in [5, 5.41) is 0. The third kappa shape index (κ3) is 2.83. The van der Waals surface area contributed by atoms with Gasteiger partial charge in [0.05, 0.1) is 0 Å². The Labute approximate surface area is 149 Å². The number of amides is 1. The first kappa shape index (κ1) is 16.6. The lowest BCUT2D eigenvalue weighted by Crippen LogP contribution is -2.29. The van der Waals surface area contributed by atoms with Crippen LogP contribution < -0.4 is 0 Å². The molecule has 26 heavy (non-hydrogen) atoms. The Morgan fingerprint density at radius 2 is 2.04 bits per heavy atom. The second-order valence-electron chi connectivity index (χ2n) is 6.46. The van der Waals surface area contributed by atoms with E-state index in [1.807, 2.05) is 19.1 Å². The monoisotopic (exact) mass is 356 g/mol. The lowest BCUT2D eigenvalue weighted by Gasteiger charge is -2.17. The second-order valence-corrected chi connectivity index (χ2v) is 6.46. The number of aromatic nitrogens is 3. The zero-order valence-corrected chi connectivity index (χ0v) is 14.3. The number of aryl methyl sites for hydroxylation is 1. The first-order valence-corrected chi connectivity index (χ1v) is 8.63. The smallest absolute Gasteiger partial charge is 0.254 e. The number of hydrogen-bond acceptors (Lipinski definition) is 3. The first-order chi connectivity index (χ1) is 12.6. The van der Waals surface area contributed by atoms with E-state index in [9.17, 15) is 13.6 Å². The number of benzene rings is 1.